The van der Waals surface area contributed by atoms with Gasteiger partial charge in [0.15, 0.2) is 0 Å². The van der Waals surface area contributed by atoms with E-state index in [1.807, 2.05) is 7.05 Å². The first kappa shape index (κ1) is 16.5. The van der Waals surface area contributed by atoms with E-state index in [-0.39, 0.29) is 5.91 Å². The molecule has 0 radical (unpaired) electrons. The largest absolute Gasteiger partial charge is 0.369 e. The predicted octanol–water partition coefficient (Wildman–Crippen LogP) is 1.88. The van der Waals surface area contributed by atoms with Crippen LogP contribution >= 0.6 is 0 Å². The highest BCUT2D eigenvalue weighted by atomic mass is 16.1. The van der Waals surface area contributed by atoms with E-state index in [4.69, 9.17) is 0 Å². The summed E-state index contributed by atoms with van der Waals surface area (Å²) in [4.78, 5) is 16.8. The van der Waals surface area contributed by atoms with Crippen LogP contribution in [0.1, 0.15) is 12.0 Å². The molecule has 6 heteroatoms. The summed E-state index contributed by atoms with van der Waals surface area (Å²) >= 11 is 0. The standard InChI is InChI=1S/C18H25N5O/c1-15-4-3-5-17(12-15)23-10-8-22(9-11-23)7-6-18(24)20-16-13-19-21(2)14-16/h3-5,12-14H,6-11H2,1-2H3,(H,20,24). The Morgan fingerprint density at radius 3 is 2.71 bits per heavy atom. The number of piperazine rings is 1. The molecule has 2 heterocycles. The summed E-state index contributed by atoms with van der Waals surface area (Å²) < 4.78 is 1.68. The number of nitrogens with zero attached hydrogens (tertiary/aromatic N) is 4. The third-order valence-electron chi connectivity index (χ3n) is 4.38. The van der Waals surface area contributed by atoms with Crippen molar-refractivity contribution in [2.75, 3.05) is 42.9 Å². The van der Waals surface area contributed by atoms with Gasteiger partial charge >= 0.3 is 0 Å². The van der Waals surface area contributed by atoms with Crippen molar-refractivity contribution in [2.45, 2.75) is 13.3 Å². The monoisotopic (exact) mass is 327 g/mol. The molecule has 2 aromatic rings. The van der Waals surface area contributed by atoms with Gasteiger partial charge in [-0.05, 0) is 24.6 Å². The van der Waals surface area contributed by atoms with Crippen molar-refractivity contribution in [3.63, 3.8) is 0 Å². The van der Waals surface area contributed by atoms with Crippen molar-refractivity contribution in [3.05, 3.63) is 42.2 Å². The van der Waals surface area contributed by atoms with Crippen molar-refractivity contribution < 1.29 is 4.79 Å². The van der Waals surface area contributed by atoms with Crippen molar-refractivity contribution >= 4 is 17.3 Å². The molecule has 0 bridgehead atoms. The number of aryl methyl sites for hydroxylation is 2. The normalized spacial score (nSPS) is 15.5. The van der Waals surface area contributed by atoms with Gasteiger partial charge in [-0.3, -0.25) is 14.4 Å². The molecule has 1 aliphatic rings. The second kappa shape index (κ2) is 7.49. The molecule has 0 unspecified atom stereocenters. The number of aromatic nitrogens is 2. The fraction of sp³-hybridized carbons (Fsp3) is 0.444. The number of hydrogen-bond donors (Lipinski definition) is 1. The highest BCUT2D eigenvalue weighted by molar-refractivity contribution is 5.90. The SMILES string of the molecule is Cc1cccc(N2CCN(CCC(=O)Nc3cnn(C)c3)CC2)c1. The Kier molecular flexibility index (Phi) is 5.15. The summed E-state index contributed by atoms with van der Waals surface area (Å²) in [6.07, 6.45) is 3.98. The highest BCUT2D eigenvalue weighted by Gasteiger charge is 2.18. The summed E-state index contributed by atoms with van der Waals surface area (Å²) in [5, 5.41) is 6.93. The number of rotatable bonds is 5. The number of carbonyl (C=O) groups is 1. The van der Waals surface area contributed by atoms with Crippen molar-refractivity contribution in [3.8, 4) is 0 Å². The quantitative estimate of drug-likeness (QED) is 0.911. The van der Waals surface area contributed by atoms with E-state index < -0.39 is 0 Å². The highest BCUT2D eigenvalue weighted by Crippen LogP contribution is 2.17. The number of amides is 1. The Hall–Kier alpha value is -2.34. The number of carbonyl (C=O) groups excluding carboxylic acids is 1. The van der Waals surface area contributed by atoms with E-state index in [2.05, 4.69) is 51.4 Å². The Morgan fingerprint density at radius 2 is 2.04 bits per heavy atom. The fourth-order valence-electron chi connectivity index (χ4n) is 3.02. The molecule has 0 aliphatic carbocycles. The van der Waals surface area contributed by atoms with Gasteiger partial charge in [-0.15, -0.1) is 0 Å². The summed E-state index contributed by atoms with van der Waals surface area (Å²) in [6, 6.07) is 8.64. The molecule has 0 saturated carbocycles. The third-order valence-corrected chi connectivity index (χ3v) is 4.38. The van der Waals surface area contributed by atoms with E-state index in [0.717, 1.165) is 38.4 Å². The zero-order valence-corrected chi connectivity index (χ0v) is 14.4. The van der Waals surface area contributed by atoms with E-state index in [0.29, 0.717) is 6.42 Å². The van der Waals surface area contributed by atoms with Crippen LogP contribution in [-0.2, 0) is 11.8 Å². The van der Waals surface area contributed by atoms with Crippen LogP contribution < -0.4 is 10.2 Å². The van der Waals surface area contributed by atoms with Gasteiger partial charge in [-0.25, -0.2) is 0 Å². The van der Waals surface area contributed by atoms with Gasteiger partial charge in [0.1, 0.15) is 0 Å². The predicted molar refractivity (Wildman–Crippen MR) is 96.3 cm³/mol. The Morgan fingerprint density at radius 1 is 1.25 bits per heavy atom. The lowest BCUT2D eigenvalue weighted by Crippen LogP contribution is -2.47. The summed E-state index contributed by atoms with van der Waals surface area (Å²) in [6.45, 7) is 6.93. The van der Waals surface area contributed by atoms with Crippen LogP contribution in [0.5, 0.6) is 0 Å². The van der Waals surface area contributed by atoms with Crippen LogP contribution in [0.25, 0.3) is 0 Å². The summed E-state index contributed by atoms with van der Waals surface area (Å²) in [7, 11) is 1.84. The minimum absolute atomic E-state index is 0.0455. The molecule has 6 nitrogen and oxygen atoms in total. The second-order valence-electron chi connectivity index (χ2n) is 6.37. The maximum atomic E-state index is 12.0. The molecule has 0 atom stereocenters. The van der Waals surface area contributed by atoms with Crippen molar-refractivity contribution in [2.24, 2.45) is 7.05 Å². The first-order chi connectivity index (χ1) is 11.6. The number of anilines is 2. The smallest absolute Gasteiger partial charge is 0.225 e. The molecule has 0 spiro atoms. The van der Waals surface area contributed by atoms with Crippen molar-refractivity contribution in [1.82, 2.24) is 14.7 Å². The molecule has 1 aromatic heterocycles. The van der Waals surface area contributed by atoms with Gasteiger partial charge in [0, 0.05) is 58.1 Å². The maximum Gasteiger partial charge on any atom is 0.225 e. The maximum absolute atomic E-state index is 12.0. The molecule has 3 rings (SSSR count). The Labute approximate surface area is 143 Å². The second-order valence-corrected chi connectivity index (χ2v) is 6.37. The molecule has 1 fully saturated rings. The van der Waals surface area contributed by atoms with Gasteiger partial charge < -0.3 is 10.2 Å². The zero-order chi connectivity index (χ0) is 16.9. The minimum atomic E-state index is 0.0455. The number of benzene rings is 1. The van der Waals surface area contributed by atoms with Crippen LogP contribution in [0.2, 0.25) is 0 Å². The lowest BCUT2D eigenvalue weighted by Gasteiger charge is -2.36. The molecule has 1 N–H and O–H groups in total. The lowest BCUT2D eigenvalue weighted by molar-refractivity contribution is -0.116. The lowest BCUT2D eigenvalue weighted by atomic mass is 10.2. The molecule has 1 amide bonds. The fourth-order valence-corrected chi connectivity index (χ4v) is 3.02. The van der Waals surface area contributed by atoms with Crippen LogP contribution in [0.15, 0.2) is 36.7 Å². The average molecular weight is 327 g/mol. The average Bonchev–Trinajstić information content (AvgIpc) is 2.98. The van der Waals surface area contributed by atoms with Gasteiger partial charge in [-0.2, -0.15) is 5.10 Å². The number of hydrogen-bond acceptors (Lipinski definition) is 4. The number of nitrogens with one attached hydrogen (secondary N) is 1. The van der Waals surface area contributed by atoms with Gasteiger partial charge in [0.2, 0.25) is 5.91 Å². The first-order valence-electron chi connectivity index (χ1n) is 8.42. The summed E-state index contributed by atoms with van der Waals surface area (Å²) in [5.41, 5.74) is 3.35. The Balaban J connectivity index is 1.41. The van der Waals surface area contributed by atoms with E-state index in [9.17, 15) is 4.79 Å². The molecule has 1 aliphatic heterocycles. The first-order valence-corrected chi connectivity index (χ1v) is 8.42. The van der Waals surface area contributed by atoms with Gasteiger partial charge in [0.05, 0.1) is 11.9 Å². The Bertz CT molecular complexity index is 688. The molecule has 1 saturated heterocycles. The zero-order valence-electron chi connectivity index (χ0n) is 14.4. The summed E-state index contributed by atoms with van der Waals surface area (Å²) in [5.74, 6) is 0.0455. The molecular formula is C18H25N5O. The van der Waals surface area contributed by atoms with Crippen LogP contribution in [-0.4, -0.2) is 53.3 Å². The van der Waals surface area contributed by atoms with Gasteiger partial charge in [0.25, 0.3) is 0 Å². The van der Waals surface area contributed by atoms with Crippen LogP contribution in [0.4, 0.5) is 11.4 Å². The van der Waals surface area contributed by atoms with E-state index >= 15 is 0 Å². The minimum Gasteiger partial charge on any atom is -0.369 e. The third kappa shape index (κ3) is 4.35. The van der Waals surface area contributed by atoms with Crippen molar-refractivity contribution in [1.29, 1.82) is 0 Å². The van der Waals surface area contributed by atoms with Crippen LogP contribution in [0.3, 0.4) is 0 Å². The topological polar surface area (TPSA) is 53.4 Å². The molecular weight excluding hydrogens is 302 g/mol. The van der Waals surface area contributed by atoms with E-state index in [1.165, 1.54) is 11.3 Å². The van der Waals surface area contributed by atoms with Crippen LogP contribution in [0, 0.1) is 6.92 Å². The molecule has 1 aromatic carbocycles. The molecule has 24 heavy (non-hydrogen) atoms. The van der Waals surface area contributed by atoms with Gasteiger partial charge in [-0.1, -0.05) is 12.1 Å². The molecule has 128 valence electrons. The van der Waals surface area contributed by atoms with E-state index in [1.54, 1.807) is 17.1 Å².